The number of nitrogens with zero attached hydrogens (tertiary/aromatic N) is 1. The molecule has 0 unspecified atom stereocenters. The SMILES string of the molecule is CCS(=O)(=O)CC1=NS(=O)(=O)C(N)=C1. The van der Waals surface area contributed by atoms with Crippen LogP contribution in [0.2, 0.25) is 0 Å². The third kappa shape index (κ3) is 2.32. The first-order chi connectivity index (χ1) is 6.27. The lowest BCUT2D eigenvalue weighted by Gasteiger charge is -1.96. The Morgan fingerprint density at radius 3 is 2.43 bits per heavy atom. The number of sulfonamides is 1. The Hall–Kier alpha value is -0.890. The Labute approximate surface area is 82.5 Å². The third-order valence-electron chi connectivity index (χ3n) is 1.65. The van der Waals surface area contributed by atoms with Crippen LogP contribution in [0.25, 0.3) is 0 Å². The van der Waals surface area contributed by atoms with Gasteiger partial charge in [0.1, 0.15) is 0 Å². The van der Waals surface area contributed by atoms with Crippen LogP contribution >= 0.6 is 0 Å². The zero-order chi connectivity index (χ0) is 11.0. The second-order valence-corrected chi connectivity index (χ2v) is 6.74. The van der Waals surface area contributed by atoms with E-state index in [1.54, 1.807) is 0 Å². The van der Waals surface area contributed by atoms with Gasteiger partial charge in [-0.1, -0.05) is 6.92 Å². The summed E-state index contributed by atoms with van der Waals surface area (Å²) in [6.45, 7) is 1.48. The maximum atomic E-state index is 11.1. The van der Waals surface area contributed by atoms with Gasteiger partial charge in [0.15, 0.2) is 14.9 Å². The highest BCUT2D eigenvalue weighted by molar-refractivity contribution is 7.95. The number of hydrogen-bond acceptors (Lipinski definition) is 5. The summed E-state index contributed by atoms with van der Waals surface area (Å²) in [5, 5.41) is -0.404. The average molecular weight is 238 g/mol. The van der Waals surface area contributed by atoms with Gasteiger partial charge in [0.05, 0.1) is 11.5 Å². The molecular weight excluding hydrogens is 228 g/mol. The van der Waals surface area contributed by atoms with Gasteiger partial charge in [-0.15, -0.1) is 0 Å². The van der Waals surface area contributed by atoms with E-state index in [4.69, 9.17) is 5.73 Å². The minimum absolute atomic E-state index is 0.0237. The number of hydrogen-bond donors (Lipinski definition) is 1. The van der Waals surface area contributed by atoms with Crippen molar-refractivity contribution < 1.29 is 16.8 Å². The second-order valence-electron chi connectivity index (χ2n) is 2.78. The largest absolute Gasteiger partial charge is 0.388 e. The average Bonchev–Trinajstić information content (AvgIpc) is 2.24. The summed E-state index contributed by atoms with van der Waals surface area (Å²) in [5.74, 6) is -0.441. The minimum Gasteiger partial charge on any atom is -0.388 e. The normalized spacial score (nSPS) is 20.4. The predicted molar refractivity (Wildman–Crippen MR) is 53.0 cm³/mol. The van der Waals surface area contributed by atoms with Gasteiger partial charge in [-0.25, -0.2) is 8.42 Å². The molecule has 1 rings (SSSR count). The van der Waals surface area contributed by atoms with Crippen LogP contribution in [0, 0.1) is 0 Å². The lowest BCUT2D eigenvalue weighted by Crippen LogP contribution is -2.15. The highest BCUT2D eigenvalue weighted by atomic mass is 32.2. The Balaban J connectivity index is 2.98. The van der Waals surface area contributed by atoms with Gasteiger partial charge in [-0.2, -0.15) is 12.8 Å². The monoisotopic (exact) mass is 238 g/mol. The lowest BCUT2D eigenvalue weighted by atomic mass is 10.4. The summed E-state index contributed by atoms with van der Waals surface area (Å²) < 4.78 is 47.4. The predicted octanol–water partition coefficient (Wildman–Crippen LogP) is -0.994. The van der Waals surface area contributed by atoms with Crippen LogP contribution in [0.5, 0.6) is 0 Å². The maximum Gasteiger partial charge on any atom is 0.297 e. The molecule has 0 aromatic carbocycles. The molecule has 14 heavy (non-hydrogen) atoms. The molecule has 1 aliphatic heterocycles. The molecule has 0 fully saturated rings. The smallest absolute Gasteiger partial charge is 0.297 e. The van der Waals surface area contributed by atoms with E-state index >= 15 is 0 Å². The van der Waals surface area contributed by atoms with E-state index in [-0.39, 0.29) is 17.2 Å². The van der Waals surface area contributed by atoms with E-state index in [2.05, 4.69) is 4.40 Å². The summed E-state index contributed by atoms with van der Waals surface area (Å²) in [5.41, 5.74) is 5.10. The van der Waals surface area contributed by atoms with Crippen molar-refractivity contribution in [2.45, 2.75) is 6.92 Å². The van der Waals surface area contributed by atoms with Crippen LogP contribution < -0.4 is 5.73 Å². The molecule has 0 aliphatic carbocycles. The maximum absolute atomic E-state index is 11.1. The Bertz CT molecular complexity index is 498. The van der Waals surface area contributed by atoms with Gasteiger partial charge in [0.25, 0.3) is 10.0 Å². The molecule has 8 heteroatoms. The molecule has 0 radical (unpaired) electrons. The van der Waals surface area contributed by atoms with E-state index in [1.165, 1.54) is 6.92 Å². The van der Waals surface area contributed by atoms with Gasteiger partial charge in [0, 0.05) is 5.75 Å². The van der Waals surface area contributed by atoms with E-state index in [9.17, 15) is 16.8 Å². The van der Waals surface area contributed by atoms with Gasteiger partial charge >= 0.3 is 0 Å². The molecule has 6 nitrogen and oxygen atoms in total. The zero-order valence-electron chi connectivity index (χ0n) is 7.47. The van der Waals surface area contributed by atoms with Crippen LogP contribution in [0.1, 0.15) is 6.92 Å². The van der Waals surface area contributed by atoms with Gasteiger partial charge in [-0.3, -0.25) is 0 Å². The fourth-order valence-corrected chi connectivity index (χ4v) is 2.57. The molecule has 0 saturated carbocycles. The number of allylic oxidation sites excluding steroid dienone is 1. The molecule has 0 saturated heterocycles. The third-order valence-corrected chi connectivity index (χ3v) is 4.46. The zero-order valence-corrected chi connectivity index (χ0v) is 9.10. The molecule has 1 heterocycles. The van der Waals surface area contributed by atoms with Crippen molar-refractivity contribution >= 4 is 25.6 Å². The van der Waals surface area contributed by atoms with Crippen LogP contribution in [0.4, 0.5) is 0 Å². The number of sulfone groups is 1. The minimum atomic E-state index is -3.79. The van der Waals surface area contributed by atoms with Gasteiger partial charge < -0.3 is 5.73 Å². The topological polar surface area (TPSA) is 107 Å². The van der Waals surface area contributed by atoms with Crippen molar-refractivity contribution in [1.82, 2.24) is 0 Å². The van der Waals surface area contributed by atoms with Crippen LogP contribution in [0.3, 0.4) is 0 Å². The van der Waals surface area contributed by atoms with E-state index in [0.717, 1.165) is 6.08 Å². The van der Waals surface area contributed by atoms with Crippen molar-refractivity contribution in [2.75, 3.05) is 11.5 Å². The van der Waals surface area contributed by atoms with E-state index in [0.29, 0.717) is 0 Å². The van der Waals surface area contributed by atoms with Crippen LogP contribution in [-0.2, 0) is 19.9 Å². The number of nitrogens with two attached hydrogens (primary N) is 1. The molecule has 1 aliphatic rings. The molecule has 0 bridgehead atoms. The van der Waals surface area contributed by atoms with Crippen molar-refractivity contribution in [3.05, 3.63) is 11.1 Å². The highest BCUT2D eigenvalue weighted by Crippen LogP contribution is 2.12. The molecule has 0 spiro atoms. The lowest BCUT2D eigenvalue weighted by molar-refractivity contribution is 0.601. The standard InChI is InChI=1S/C6H10N2O4S2/c1-2-13(9,10)4-5-3-6(7)14(11,12)8-5/h3H,2,4,7H2,1H3. The summed E-state index contributed by atoms with van der Waals surface area (Å²) >= 11 is 0. The highest BCUT2D eigenvalue weighted by Gasteiger charge is 2.24. The van der Waals surface area contributed by atoms with Crippen molar-refractivity contribution in [3.8, 4) is 0 Å². The fraction of sp³-hybridized carbons (Fsp3) is 0.500. The Morgan fingerprint density at radius 1 is 1.50 bits per heavy atom. The number of rotatable bonds is 3. The fourth-order valence-electron chi connectivity index (χ4n) is 0.867. The van der Waals surface area contributed by atoms with Crippen LogP contribution in [0.15, 0.2) is 15.5 Å². The summed E-state index contributed by atoms with van der Waals surface area (Å²) in [6.07, 6.45) is 1.07. The van der Waals surface area contributed by atoms with E-state index < -0.39 is 24.9 Å². The molecule has 80 valence electrons. The quantitative estimate of drug-likeness (QED) is 0.679. The summed E-state index contributed by atoms with van der Waals surface area (Å²) in [4.78, 5) is 0. The molecule has 0 amide bonds. The first-order valence-electron chi connectivity index (χ1n) is 3.78. The molecule has 2 N–H and O–H groups in total. The van der Waals surface area contributed by atoms with Crippen LogP contribution in [-0.4, -0.2) is 34.1 Å². The van der Waals surface area contributed by atoms with Crippen molar-refractivity contribution in [2.24, 2.45) is 10.1 Å². The summed E-state index contributed by atoms with van der Waals surface area (Å²) in [6, 6.07) is 0. The second kappa shape index (κ2) is 3.35. The molecule has 0 aromatic heterocycles. The first-order valence-corrected chi connectivity index (χ1v) is 7.04. The Kier molecular flexibility index (Phi) is 2.68. The Morgan fingerprint density at radius 2 is 2.07 bits per heavy atom. The molecule has 0 aromatic rings. The molecule has 0 atom stereocenters. The van der Waals surface area contributed by atoms with Crippen molar-refractivity contribution in [3.63, 3.8) is 0 Å². The summed E-state index contributed by atoms with van der Waals surface area (Å²) in [7, 11) is -7.06. The van der Waals surface area contributed by atoms with Gasteiger partial charge in [-0.05, 0) is 6.08 Å². The first kappa shape index (κ1) is 11.2. The van der Waals surface area contributed by atoms with E-state index in [1.807, 2.05) is 0 Å². The van der Waals surface area contributed by atoms with Gasteiger partial charge in [0.2, 0.25) is 0 Å². The molecular formula is C6H10N2O4S2. The van der Waals surface area contributed by atoms with Crippen molar-refractivity contribution in [1.29, 1.82) is 0 Å².